The third kappa shape index (κ3) is 2.39. The van der Waals surface area contributed by atoms with Gasteiger partial charge < -0.3 is 9.84 Å². The molecule has 3 rings (SSSR count). The normalized spacial score (nSPS) is 31.8. The van der Waals surface area contributed by atoms with Crippen LogP contribution in [-0.2, 0) is 11.2 Å². The van der Waals surface area contributed by atoms with E-state index in [-0.39, 0.29) is 18.1 Å². The van der Waals surface area contributed by atoms with Crippen molar-refractivity contribution >= 4 is 23.2 Å². The molecule has 0 amide bonds. The van der Waals surface area contributed by atoms with E-state index in [2.05, 4.69) is 0 Å². The van der Waals surface area contributed by atoms with Crippen LogP contribution in [0.2, 0.25) is 10.0 Å². The van der Waals surface area contributed by atoms with Crippen molar-refractivity contribution in [1.29, 1.82) is 0 Å². The zero-order valence-electron chi connectivity index (χ0n) is 9.98. The minimum atomic E-state index is -0.376. The SMILES string of the molecule is OC(Cc1ccc(Cl)cc1Cl)C1CC2CCC1O2. The molecule has 2 fully saturated rings. The Morgan fingerprint density at radius 2 is 2.17 bits per heavy atom. The van der Waals surface area contributed by atoms with Gasteiger partial charge in [-0.1, -0.05) is 29.3 Å². The number of benzene rings is 1. The number of hydrogen-bond donors (Lipinski definition) is 1. The Labute approximate surface area is 117 Å². The number of aliphatic hydroxyl groups is 1. The molecule has 0 aliphatic carbocycles. The molecule has 2 bridgehead atoms. The highest BCUT2D eigenvalue weighted by atomic mass is 35.5. The van der Waals surface area contributed by atoms with Gasteiger partial charge in [0.25, 0.3) is 0 Å². The van der Waals surface area contributed by atoms with Gasteiger partial charge in [-0.25, -0.2) is 0 Å². The van der Waals surface area contributed by atoms with Crippen molar-refractivity contribution in [3.05, 3.63) is 33.8 Å². The summed E-state index contributed by atoms with van der Waals surface area (Å²) in [5.41, 5.74) is 0.955. The summed E-state index contributed by atoms with van der Waals surface area (Å²) in [6.45, 7) is 0. The fraction of sp³-hybridized carbons (Fsp3) is 0.571. The third-order valence-electron chi connectivity index (χ3n) is 4.09. The molecule has 1 aromatic carbocycles. The lowest BCUT2D eigenvalue weighted by Crippen LogP contribution is -2.31. The van der Waals surface area contributed by atoms with Crippen LogP contribution in [-0.4, -0.2) is 23.4 Å². The molecule has 1 N–H and O–H groups in total. The van der Waals surface area contributed by atoms with Crippen LogP contribution in [0.1, 0.15) is 24.8 Å². The van der Waals surface area contributed by atoms with E-state index in [0.717, 1.165) is 24.8 Å². The number of hydrogen-bond acceptors (Lipinski definition) is 2. The number of fused-ring (bicyclic) bond motifs is 2. The van der Waals surface area contributed by atoms with Crippen LogP contribution < -0.4 is 0 Å². The van der Waals surface area contributed by atoms with Gasteiger partial charge in [-0.05, 0) is 37.0 Å². The second kappa shape index (κ2) is 5.01. The highest BCUT2D eigenvalue weighted by Crippen LogP contribution is 2.41. The highest BCUT2D eigenvalue weighted by Gasteiger charge is 2.43. The van der Waals surface area contributed by atoms with Crippen LogP contribution >= 0.6 is 23.2 Å². The Bertz CT molecular complexity index is 449. The van der Waals surface area contributed by atoms with Crippen LogP contribution in [0, 0.1) is 5.92 Å². The zero-order chi connectivity index (χ0) is 12.7. The Morgan fingerprint density at radius 3 is 2.78 bits per heavy atom. The van der Waals surface area contributed by atoms with Crippen LogP contribution in [0.4, 0.5) is 0 Å². The summed E-state index contributed by atoms with van der Waals surface area (Å²) in [5, 5.41) is 11.6. The summed E-state index contributed by atoms with van der Waals surface area (Å²) in [6.07, 6.45) is 4.03. The Hall–Kier alpha value is -0.280. The molecule has 2 aliphatic rings. The van der Waals surface area contributed by atoms with Gasteiger partial charge in [-0.2, -0.15) is 0 Å². The molecule has 2 heterocycles. The summed E-state index contributed by atoms with van der Waals surface area (Å²) in [4.78, 5) is 0. The molecular weight excluding hydrogens is 271 g/mol. The van der Waals surface area contributed by atoms with Crippen molar-refractivity contribution in [2.75, 3.05) is 0 Å². The van der Waals surface area contributed by atoms with E-state index in [1.54, 1.807) is 6.07 Å². The Balaban J connectivity index is 1.69. The Morgan fingerprint density at radius 1 is 1.33 bits per heavy atom. The lowest BCUT2D eigenvalue weighted by Gasteiger charge is -2.24. The average Bonchev–Trinajstić information content (AvgIpc) is 2.94. The monoisotopic (exact) mass is 286 g/mol. The van der Waals surface area contributed by atoms with Crippen molar-refractivity contribution in [3.63, 3.8) is 0 Å². The number of rotatable bonds is 3. The number of ether oxygens (including phenoxy) is 1. The first-order chi connectivity index (χ1) is 8.63. The molecule has 2 aliphatic heterocycles. The van der Waals surface area contributed by atoms with Crippen molar-refractivity contribution in [1.82, 2.24) is 0 Å². The van der Waals surface area contributed by atoms with Crippen molar-refractivity contribution in [3.8, 4) is 0 Å². The van der Waals surface area contributed by atoms with E-state index in [0.29, 0.717) is 22.6 Å². The van der Waals surface area contributed by atoms with E-state index < -0.39 is 0 Å². The van der Waals surface area contributed by atoms with E-state index in [1.165, 1.54) is 0 Å². The maximum Gasteiger partial charge on any atom is 0.0634 e. The van der Waals surface area contributed by atoms with Crippen LogP contribution in [0.25, 0.3) is 0 Å². The first-order valence-electron chi connectivity index (χ1n) is 6.41. The van der Waals surface area contributed by atoms with E-state index in [4.69, 9.17) is 27.9 Å². The zero-order valence-corrected chi connectivity index (χ0v) is 11.5. The summed E-state index contributed by atoms with van der Waals surface area (Å²) in [6, 6.07) is 5.43. The number of halogens is 2. The summed E-state index contributed by atoms with van der Waals surface area (Å²) in [7, 11) is 0. The second-order valence-electron chi connectivity index (χ2n) is 5.28. The largest absolute Gasteiger partial charge is 0.392 e. The lowest BCUT2D eigenvalue weighted by atomic mass is 9.83. The third-order valence-corrected chi connectivity index (χ3v) is 4.68. The van der Waals surface area contributed by atoms with Gasteiger partial charge in [-0.3, -0.25) is 0 Å². The molecule has 4 heteroatoms. The van der Waals surface area contributed by atoms with E-state index in [1.807, 2.05) is 12.1 Å². The molecule has 98 valence electrons. The molecule has 0 aromatic heterocycles. The Kier molecular flexibility index (Phi) is 3.55. The molecule has 18 heavy (non-hydrogen) atoms. The maximum absolute atomic E-state index is 10.3. The topological polar surface area (TPSA) is 29.5 Å². The van der Waals surface area contributed by atoms with Crippen molar-refractivity contribution in [2.45, 2.75) is 44.0 Å². The molecule has 4 atom stereocenters. The highest BCUT2D eigenvalue weighted by molar-refractivity contribution is 6.35. The molecular formula is C14H16Cl2O2. The van der Waals surface area contributed by atoms with E-state index >= 15 is 0 Å². The molecule has 0 spiro atoms. The second-order valence-corrected chi connectivity index (χ2v) is 6.12. The van der Waals surface area contributed by atoms with E-state index in [9.17, 15) is 5.11 Å². The van der Waals surface area contributed by atoms with Crippen LogP contribution in [0.3, 0.4) is 0 Å². The number of aliphatic hydroxyl groups excluding tert-OH is 1. The minimum absolute atomic E-state index is 0.246. The first kappa shape index (κ1) is 12.7. The molecule has 2 nitrogen and oxygen atoms in total. The predicted molar refractivity (Wildman–Crippen MR) is 72.2 cm³/mol. The molecule has 0 radical (unpaired) electrons. The first-order valence-corrected chi connectivity index (χ1v) is 7.16. The minimum Gasteiger partial charge on any atom is -0.392 e. The smallest absolute Gasteiger partial charge is 0.0634 e. The summed E-state index contributed by atoms with van der Waals surface area (Å²) >= 11 is 12.0. The van der Waals surface area contributed by atoms with Gasteiger partial charge in [0.15, 0.2) is 0 Å². The fourth-order valence-corrected chi connectivity index (χ4v) is 3.63. The van der Waals surface area contributed by atoms with Gasteiger partial charge in [0.2, 0.25) is 0 Å². The quantitative estimate of drug-likeness (QED) is 0.922. The molecule has 1 aromatic rings. The summed E-state index contributed by atoms with van der Waals surface area (Å²) < 4.78 is 5.78. The standard InChI is InChI=1S/C14H16Cl2O2/c15-9-2-1-8(12(16)6-9)5-13(17)11-7-10-3-4-14(11)18-10/h1-2,6,10-11,13-14,17H,3-5,7H2. The van der Waals surface area contributed by atoms with Crippen molar-refractivity contribution < 1.29 is 9.84 Å². The fourth-order valence-electron chi connectivity index (χ4n) is 3.15. The predicted octanol–water partition coefficient (Wildman–Crippen LogP) is 3.46. The van der Waals surface area contributed by atoms with Gasteiger partial charge >= 0.3 is 0 Å². The maximum atomic E-state index is 10.3. The van der Waals surface area contributed by atoms with Crippen LogP contribution in [0.15, 0.2) is 18.2 Å². The van der Waals surface area contributed by atoms with Gasteiger partial charge in [0.1, 0.15) is 0 Å². The van der Waals surface area contributed by atoms with Crippen molar-refractivity contribution in [2.24, 2.45) is 5.92 Å². The molecule has 2 saturated heterocycles. The molecule has 0 saturated carbocycles. The van der Waals surface area contributed by atoms with Gasteiger partial charge in [0, 0.05) is 22.4 Å². The summed E-state index contributed by atoms with van der Waals surface area (Å²) in [5.74, 6) is 0.260. The van der Waals surface area contributed by atoms with Crippen LogP contribution in [0.5, 0.6) is 0 Å². The van der Waals surface area contributed by atoms with Gasteiger partial charge in [0.05, 0.1) is 18.3 Å². The lowest BCUT2D eigenvalue weighted by molar-refractivity contribution is 0.0432. The molecule has 4 unspecified atom stereocenters. The average molecular weight is 287 g/mol. The van der Waals surface area contributed by atoms with Gasteiger partial charge in [-0.15, -0.1) is 0 Å².